The lowest BCUT2D eigenvalue weighted by molar-refractivity contribution is -0.147. The Hall–Kier alpha value is -2.30. The van der Waals surface area contributed by atoms with Crippen LogP contribution in [0.25, 0.3) is 5.57 Å². The van der Waals surface area contributed by atoms with Crippen molar-refractivity contribution in [3.8, 4) is 5.75 Å². The number of likely N-dealkylation sites (tertiary alicyclic amines) is 1. The number of nitrogens with zero attached hydrogens (tertiary/aromatic N) is 1. The molecule has 4 rings (SSSR count). The SMILES string of the molecule is CC1=C(CN2CC(C(=O)O)C2)CCc2cc(OCCCc3ccc(C)cc3)ccc21.Cl. The Labute approximate surface area is 191 Å². The summed E-state index contributed by atoms with van der Waals surface area (Å²) in [5.41, 5.74) is 8.13. The normalized spacial score (nSPS) is 16.3. The van der Waals surface area contributed by atoms with Crippen LogP contribution in [0.15, 0.2) is 48.0 Å². The van der Waals surface area contributed by atoms with E-state index in [9.17, 15) is 4.79 Å². The summed E-state index contributed by atoms with van der Waals surface area (Å²) in [6, 6.07) is 15.2. The van der Waals surface area contributed by atoms with Gasteiger partial charge in [-0.2, -0.15) is 0 Å². The lowest BCUT2D eigenvalue weighted by Gasteiger charge is -2.38. The van der Waals surface area contributed by atoms with Crippen molar-refractivity contribution in [1.82, 2.24) is 4.90 Å². The monoisotopic (exact) mass is 441 g/mol. The summed E-state index contributed by atoms with van der Waals surface area (Å²) in [6.07, 6.45) is 4.12. The number of rotatable bonds is 8. The predicted octanol–water partition coefficient (Wildman–Crippen LogP) is 5.16. The van der Waals surface area contributed by atoms with Crippen molar-refractivity contribution in [2.75, 3.05) is 26.2 Å². The number of ether oxygens (including phenoxy) is 1. The van der Waals surface area contributed by atoms with Crippen molar-refractivity contribution in [3.05, 3.63) is 70.3 Å². The first-order valence-electron chi connectivity index (χ1n) is 10.9. The molecule has 1 heterocycles. The number of allylic oxidation sites excluding steroid dienone is 1. The van der Waals surface area contributed by atoms with Gasteiger partial charge in [0.1, 0.15) is 5.75 Å². The molecular formula is C26H32ClNO3. The van der Waals surface area contributed by atoms with Gasteiger partial charge in [-0.1, -0.05) is 41.5 Å². The van der Waals surface area contributed by atoms with Crippen LogP contribution in [0, 0.1) is 12.8 Å². The summed E-state index contributed by atoms with van der Waals surface area (Å²) in [7, 11) is 0. The Morgan fingerprint density at radius 1 is 1.10 bits per heavy atom. The molecule has 1 aliphatic heterocycles. The maximum atomic E-state index is 11.0. The predicted molar refractivity (Wildman–Crippen MR) is 127 cm³/mol. The molecule has 0 saturated carbocycles. The number of benzene rings is 2. The highest BCUT2D eigenvalue weighted by Gasteiger charge is 2.33. The zero-order valence-electron chi connectivity index (χ0n) is 18.4. The maximum Gasteiger partial charge on any atom is 0.309 e. The fraction of sp³-hybridized carbons (Fsp3) is 0.423. The lowest BCUT2D eigenvalue weighted by atomic mass is 9.85. The molecule has 0 bridgehead atoms. The third kappa shape index (κ3) is 5.69. The molecular weight excluding hydrogens is 410 g/mol. The Kier molecular flexibility index (Phi) is 7.79. The van der Waals surface area contributed by atoms with E-state index < -0.39 is 5.97 Å². The molecule has 1 fully saturated rings. The number of carbonyl (C=O) groups is 1. The quantitative estimate of drug-likeness (QED) is 0.574. The van der Waals surface area contributed by atoms with Crippen molar-refractivity contribution in [2.24, 2.45) is 5.92 Å². The Morgan fingerprint density at radius 3 is 2.55 bits per heavy atom. The van der Waals surface area contributed by atoms with Gasteiger partial charge in [0.15, 0.2) is 0 Å². The second-order valence-corrected chi connectivity index (χ2v) is 8.71. The molecule has 0 atom stereocenters. The second kappa shape index (κ2) is 10.3. The molecule has 0 aromatic heterocycles. The first-order chi connectivity index (χ1) is 14.5. The van der Waals surface area contributed by atoms with Crippen LogP contribution < -0.4 is 4.74 Å². The first-order valence-corrected chi connectivity index (χ1v) is 10.9. The molecule has 1 saturated heterocycles. The van der Waals surface area contributed by atoms with Crippen molar-refractivity contribution < 1.29 is 14.6 Å². The van der Waals surface area contributed by atoms with Gasteiger partial charge >= 0.3 is 5.97 Å². The Bertz CT molecular complexity index is 946. The van der Waals surface area contributed by atoms with Crippen LogP contribution >= 0.6 is 12.4 Å². The minimum Gasteiger partial charge on any atom is -0.494 e. The summed E-state index contributed by atoms with van der Waals surface area (Å²) < 4.78 is 6.03. The lowest BCUT2D eigenvalue weighted by Crippen LogP contribution is -2.50. The van der Waals surface area contributed by atoms with Gasteiger partial charge in [-0.25, -0.2) is 0 Å². The third-order valence-electron chi connectivity index (χ3n) is 6.43. The van der Waals surface area contributed by atoms with Crippen LogP contribution in [0.4, 0.5) is 0 Å². The number of halogens is 1. The molecule has 2 aromatic rings. The number of carboxylic acid groups (broad SMARTS) is 1. The highest BCUT2D eigenvalue weighted by Crippen LogP contribution is 2.34. The van der Waals surface area contributed by atoms with Gasteiger partial charge in [-0.15, -0.1) is 12.4 Å². The smallest absolute Gasteiger partial charge is 0.309 e. The first kappa shape index (κ1) is 23.4. The molecule has 2 aliphatic rings. The van der Waals surface area contributed by atoms with E-state index in [0.29, 0.717) is 13.1 Å². The average molecular weight is 442 g/mol. The summed E-state index contributed by atoms with van der Waals surface area (Å²) in [6.45, 7) is 7.29. The van der Waals surface area contributed by atoms with Crippen molar-refractivity contribution in [3.63, 3.8) is 0 Å². The molecule has 0 unspecified atom stereocenters. The number of aryl methyl sites for hydroxylation is 3. The van der Waals surface area contributed by atoms with Crippen LogP contribution in [0.3, 0.4) is 0 Å². The Balaban J connectivity index is 0.00000272. The summed E-state index contributed by atoms with van der Waals surface area (Å²) >= 11 is 0. The van der Waals surface area contributed by atoms with Crippen LogP contribution in [-0.2, 0) is 17.6 Å². The standard InChI is InChI=1S/C26H31NO3.ClH/c1-18-5-7-20(8-6-18)4-3-13-30-24-11-12-25-19(2)22(10-9-21(25)14-24)15-27-16-23(17-27)26(28)29;/h5-8,11-12,14,23H,3-4,9-10,13,15-17H2,1-2H3,(H,28,29);1H. The fourth-order valence-electron chi connectivity index (χ4n) is 4.44. The maximum absolute atomic E-state index is 11.0. The molecule has 4 nitrogen and oxygen atoms in total. The largest absolute Gasteiger partial charge is 0.494 e. The highest BCUT2D eigenvalue weighted by atomic mass is 35.5. The van der Waals surface area contributed by atoms with Crippen LogP contribution in [-0.4, -0.2) is 42.2 Å². The van der Waals surface area contributed by atoms with Gasteiger partial charge in [-0.05, 0) is 73.9 Å². The number of aliphatic carboxylic acids is 1. The van der Waals surface area contributed by atoms with E-state index in [2.05, 4.69) is 61.2 Å². The van der Waals surface area contributed by atoms with E-state index in [0.717, 1.165) is 44.6 Å². The molecule has 166 valence electrons. The van der Waals surface area contributed by atoms with Crippen molar-refractivity contribution >= 4 is 23.9 Å². The van der Waals surface area contributed by atoms with E-state index in [-0.39, 0.29) is 18.3 Å². The number of hydrogen-bond acceptors (Lipinski definition) is 3. The molecule has 5 heteroatoms. The van der Waals surface area contributed by atoms with E-state index in [1.54, 1.807) is 0 Å². The topological polar surface area (TPSA) is 49.8 Å². The minimum absolute atomic E-state index is 0. The molecule has 0 spiro atoms. The molecule has 31 heavy (non-hydrogen) atoms. The van der Waals surface area contributed by atoms with E-state index in [4.69, 9.17) is 9.84 Å². The number of hydrogen-bond donors (Lipinski definition) is 1. The molecule has 1 N–H and O–H groups in total. The van der Waals surface area contributed by atoms with Gasteiger partial charge < -0.3 is 9.84 Å². The Morgan fingerprint density at radius 2 is 1.84 bits per heavy atom. The van der Waals surface area contributed by atoms with Crippen molar-refractivity contribution in [2.45, 2.75) is 39.5 Å². The molecule has 0 radical (unpaired) electrons. The summed E-state index contributed by atoms with van der Waals surface area (Å²) in [5.74, 6) is 0.103. The van der Waals surface area contributed by atoms with Gasteiger partial charge in [0.25, 0.3) is 0 Å². The zero-order valence-corrected chi connectivity index (χ0v) is 19.2. The van der Waals surface area contributed by atoms with Crippen LogP contribution in [0.2, 0.25) is 0 Å². The van der Waals surface area contributed by atoms with Crippen LogP contribution in [0.1, 0.15) is 42.0 Å². The molecule has 0 amide bonds. The van der Waals surface area contributed by atoms with Crippen LogP contribution in [0.5, 0.6) is 5.75 Å². The highest BCUT2D eigenvalue weighted by molar-refractivity contribution is 5.85. The van der Waals surface area contributed by atoms with Gasteiger partial charge in [-0.3, -0.25) is 9.69 Å². The summed E-state index contributed by atoms with van der Waals surface area (Å²) in [5, 5.41) is 9.06. The zero-order chi connectivity index (χ0) is 21.1. The van der Waals surface area contributed by atoms with Gasteiger partial charge in [0.2, 0.25) is 0 Å². The van der Waals surface area contributed by atoms with E-state index in [1.807, 2.05) is 0 Å². The molecule has 1 aliphatic carbocycles. The fourth-order valence-corrected chi connectivity index (χ4v) is 4.44. The van der Waals surface area contributed by atoms with E-state index >= 15 is 0 Å². The number of carboxylic acids is 1. The average Bonchev–Trinajstić information content (AvgIpc) is 2.70. The minimum atomic E-state index is -0.669. The summed E-state index contributed by atoms with van der Waals surface area (Å²) in [4.78, 5) is 13.3. The second-order valence-electron chi connectivity index (χ2n) is 8.71. The van der Waals surface area contributed by atoms with Gasteiger partial charge in [0, 0.05) is 19.6 Å². The van der Waals surface area contributed by atoms with Gasteiger partial charge in [0.05, 0.1) is 12.5 Å². The third-order valence-corrected chi connectivity index (χ3v) is 6.43. The van der Waals surface area contributed by atoms with Crippen molar-refractivity contribution in [1.29, 1.82) is 0 Å². The number of fused-ring (bicyclic) bond motifs is 1. The van der Waals surface area contributed by atoms with E-state index in [1.165, 1.54) is 33.4 Å². The molecule has 2 aromatic carbocycles.